The van der Waals surface area contributed by atoms with Gasteiger partial charge in [0.1, 0.15) is 6.04 Å². The van der Waals surface area contributed by atoms with Gasteiger partial charge in [-0.2, -0.15) is 0 Å². The summed E-state index contributed by atoms with van der Waals surface area (Å²) in [5.74, 6) is -0.106. The zero-order valence-corrected chi connectivity index (χ0v) is 11.0. The SMILES string of the molecule is CN1C[C@H](Cc2ccc(Cl)cc2)NC(=O)[C@@H]1CO. The van der Waals surface area contributed by atoms with Crippen molar-refractivity contribution in [3.63, 3.8) is 0 Å². The Labute approximate surface area is 112 Å². The van der Waals surface area contributed by atoms with Crippen LogP contribution in [0.5, 0.6) is 0 Å². The molecule has 1 saturated heterocycles. The van der Waals surface area contributed by atoms with E-state index in [1.165, 1.54) is 0 Å². The minimum atomic E-state index is -0.425. The van der Waals surface area contributed by atoms with Gasteiger partial charge < -0.3 is 10.4 Å². The molecule has 98 valence electrons. The molecule has 4 nitrogen and oxygen atoms in total. The average molecular weight is 269 g/mol. The Morgan fingerprint density at radius 1 is 1.44 bits per heavy atom. The molecule has 0 aromatic heterocycles. The summed E-state index contributed by atoms with van der Waals surface area (Å²) < 4.78 is 0. The van der Waals surface area contributed by atoms with Crippen LogP contribution in [0.25, 0.3) is 0 Å². The molecule has 1 heterocycles. The van der Waals surface area contributed by atoms with Crippen molar-refractivity contribution in [1.29, 1.82) is 0 Å². The summed E-state index contributed by atoms with van der Waals surface area (Å²) in [6.07, 6.45) is 0.769. The molecule has 0 bridgehead atoms. The smallest absolute Gasteiger partial charge is 0.240 e. The van der Waals surface area contributed by atoms with E-state index in [4.69, 9.17) is 16.7 Å². The molecular formula is C13H17ClN2O2. The number of carbonyl (C=O) groups is 1. The maximum atomic E-state index is 11.8. The molecule has 0 spiro atoms. The van der Waals surface area contributed by atoms with Gasteiger partial charge in [-0.05, 0) is 31.2 Å². The van der Waals surface area contributed by atoms with Crippen LogP contribution in [0.4, 0.5) is 0 Å². The van der Waals surface area contributed by atoms with Crippen molar-refractivity contribution in [2.45, 2.75) is 18.5 Å². The molecule has 1 aromatic rings. The van der Waals surface area contributed by atoms with Gasteiger partial charge in [0.2, 0.25) is 5.91 Å². The summed E-state index contributed by atoms with van der Waals surface area (Å²) in [7, 11) is 1.86. The Morgan fingerprint density at radius 2 is 2.11 bits per heavy atom. The van der Waals surface area contributed by atoms with E-state index in [1.807, 2.05) is 36.2 Å². The van der Waals surface area contributed by atoms with Gasteiger partial charge in [-0.3, -0.25) is 9.69 Å². The standard InChI is InChI=1S/C13H17ClN2O2/c1-16-7-11(15-13(18)12(16)8-17)6-9-2-4-10(14)5-3-9/h2-5,11-12,17H,6-8H2,1H3,(H,15,18)/t11-,12-/m0/s1. The molecular weight excluding hydrogens is 252 g/mol. The number of carbonyl (C=O) groups excluding carboxylic acids is 1. The highest BCUT2D eigenvalue weighted by molar-refractivity contribution is 6.30. The summed E-state index contributed by atoms with van der Waals surface area (Å²) in [6, 6.07) is 7.28. The summed E-state index contributed by atoms with van der Waals surface area (Å²) in [5.41, 5.74) is 1.14. The van der Waals surface area contributed by atoms with E-state index in [1.54, 1.807) is 0 Å². The predicted octanol–water partition coefficient (Wildman–Crippen LogP) is 0.674. The maximum absolute atomic E-state index is 11.8. The lowest BCUT2D eigenvalue weighted by Gasteiger charge is -2.36. The highest BCUT2D eigenvalue weighted by Gasteiger charge is 2.31. The highest BCUT2D eigenvalue weighted by atomic mass is 35.5. The second kappa shape index (κ2) is 5.69. The number of rotatable bonds is 3. The molecule has 1 aliphatic rings. The van der Waals surface area contributed by atoms with Crippen molar-refractivity contribution in [3.05, 3.63) is 34.9 Å². The molecule has 0 radical (unpaired) electrons. The number of nitrogens with zero attached hydrogens (tertiary/aromatic N) is 1. The number of aliphatic hydroxyl groups is 1. The molecule has 1 aromatic carbocycles. The van der Waals surface area contributed by atoms with Crippen molar-refractivity contribution in [2.75, 3.05) is 20.2 Å². The third-order valence-corrected chi connectivity index (χ3v) is 3.51. The number of aliphatic hydroxyl groups excluding tert-OH is 1. The first kappa shape index (κ1) is 13.3. The molecule has 0 saturated carbocycles. The third kappa shape index (κ3) is 3.02. The quantitative estimate of drug-likeness (QED) is 0.847. The molecule has 1 fully saturated rings. The molecule has 1 aliphatic heterocycles. The number of piperazine rings is 1. The van der Waals surface area contributed by atoms with E-state index in [0.29, 0.717) is 5.02 Å². The summed E-state index contributed by atoms with van der Waals surface area (Å²) in [6.45, 7) is 0.593. The number of likely N-dealkylation sites (N-methyl/N-ethyl adjacent to an activating group) is 1. The first-order chi connectivity index (χ1) is 8.60. The molecule has 0 unspecified atom stereocenters. The lowest BCUT2D eigenvalue weighted by atomic mass is 10.0. The van der Waals surface area contributed by atoms with Crippen LogP contribution >= 0.6 is 11.6 Å². The van der Waals surface area contributed by atoms with Crippen LogP contribution in [0.1, 0.15) is 5.56 Å². The Kier molecular flexibility index (Phi) is 4.22. The summed E-state index contributed by atoms with van der Waals surface area (Å²) >= 11 is 5.83. The van der Waals surface area contributed by atoms with E-state index >= 15 is 0 Å². The van der Waals surface area contributed by atoms with Gasteiger partial charge in [-0.1, -0.05) is 23.7 Å². The van der Waals surface area contributed by atoms with Crippen molar-refractivity contribution < 1.29 is 9.90 Å². The summed E-state index contributed by atoms with van der Waals surface area (Å²) in [5, 5.41) is 12.8. The lowest BCUT2D eigenvalue weighted by molar-refractivity contribution is -0.131. The first-order valence-electron chi connectivity index (χ1n) is 5.96. The van der Waals surface area contributed by atoms with Crippen LogP contribution < -0.4 is 5.32 Å². The van der Waals surface area contributed by atoms with Crippen LogP contribution in [0.15, 0.2) is 24.3 Å². The zero-order chi connectivity index (χ0) is 13.1. The van der Waals surface area contributed by atoms with E-state index in [-0.39, 0.29) is 18.6 Å². The number of hydrogen-bond donors (Lipinski definition) is 2. The Hall–Kier alpha value is -1.10. The molecule has 5 heteroatoms. The van der Waals surface area contributed by atoms with E-state index in [0.717, 1.165) is 18.5 Å². The van der Waals surface area contributed by atoms with Crippen molar-refractivity contribution >= 4 is 17.5 Å². The first-order valence-corrected chi connectivity index (χ1v) is 6.34. The van der Waals surface area contributed by atoms with Crippen LogP contribution in [-0.2, 0) is 11.2 Å². The van der Waals surface area contributed by atoms with Gasteiger partial charge in [0.05, 0.1) is 6.61 Å². The minimum absolute atomic E-state index is 0.0754. The normalized spacial score (nSPS) is 24.9. The number of benzene rings is 1. The van der Waals surface area contributed by atoms with E-state index in [2.05, 4.69) is 5.32 Å². The maximum Gasteiger partial charge on any atom is 0.240 e. The molecule has 2 rings (SSSR count). The number of hydrogen-bond acceptors (Lipinski definition) is 3. The van der Waals surface area contributed by atoms with Crippen LogP contribution in [0.2, 0.25) is 5.02 Å². The van der Waals surface area contributed by atoms with Gasteiger partial charge >= 0.3 is 0 Å². The van der Waals surface area contributed by atoms with Crippen LogP contribution in [-0.4, -0.2) is 48.2 Å². The van der Waals surface area contributed by atoms with Gasteiger partial charge in [-0.15, -0.1) is 0 Å². The fraction of sp³-hybridized carbons (Fsp3) is 0.462. The average Bonchev–Trinajstić information content (AvgIpc) is 2.32. The third-order valence-electron chi connectivity index (χ3n) is 3.26. The zero-order valence-electron chi connectivity index (χ0n) is 10.3. The van der Waals surface area contributed by atoms with E-state index < -0.39 is 6.04 Å². The molecule has 0 aliphatic carbocycles. The number of halogens is 1. The fourth-order valence-corrected chi connectivity index (χ4v) is 2.39. The van der Waals surface area contributed by atoms with Gasteiger partial charge in [0, 0.05) is 17.6 Å². The number of nitrogens with one attached hydrogen (secondary N) is 1. The predicted molar refractivity (Wildman–Crippen MR) is 70.6 cm³/mol. The van der Waals surface area contributed by atoms with Gasteiger partial charge in [0.25, 0.3) is 0 Å². The lowest BCUT2D eigenvalue weighted by Crippen LogP contribution is -2.60. The van der Waals surface area contributed by atoms with Crippen LogP contribution in [0, 0.1) is 0 Å². The Morgan fingerprint density at radius 3 is 2.67 bits per heavy atom. The largest absolute Gasteiger partial charge is 0.394 e. The van der Waals surface area contributed by atoms with Gasteiger partial charge in [-0.25, -0.2) is 0 Å². The Balaban J connectivity index is 1.99. The summed E-state index contributed by atoms with van der Waals surface area (Å²) in [4.78, 5) is 13.6. The monoisotopic (exact) mass is 268 g/mol. The van der Waals surface area contributed by atoms with Crippen molar-refractivity contribution in [1.82, 2.24) is 10.2 Å². The molecule has 18 heavy (non-hydrogen) atoms. The van der Waals surface area contributed by atoms with E-state index in [9.17, 15) is 4.79 Å². The molecule has 1 amide bonds. The van der Waals surface area contributed by atoms with Gasteiger partial charge in [0.15, 0.2) is 0 Å². The highest BCUT2D eigenvalue weighted by Crippen LogP contribution is 2.13. The van der Waals surface area contributed by atoms with Crippen LogP contribution in [0.3, 0.4) is 0 Å². The number of amides is 1. The molecule has 2 N–H and O–H groups in total. The minimum Gasteiger partial charge on any atom is -0.394 e. The topological polar surface area (TPSA) is 52.6 Å². The second-order valence-electron chi connectivity index (χ2n) is 4.67. The Bertz CT molecular complexity index is 422. The van der Waals surface area contributed by atoms with Crippen molar-refractivity contribution in [2.24, 2.45) is 0 Å². The fourth-order valence-electron chi connectivity index (χ4n) is 2.26. The second-order valence-corrected chi connectivity index (χ2v) is 5.11. The molecule has 2 atom stereocenters. The van der Waals surface area contributed by atoms with Crippen molar-refractivity contribution in [3.8, 4) is 0 Å².